The van der Waals surface area contributed by atoms with Crippen LogP contribution >= 0.6 is 0 Å². The molecule has 2 aromatic rings. The summed E-state index contributed by atoms with van der Waals surface area (Å²) in [5.41, 5.74) is 7.53. The quantitative estimate of drug-likeness (QED) is 0.894. The van der Waals surface area contributed by atoms with Crippen molar-refractivity contribution in [1.82, 2.24) is 0 Å². The fraction of sp³-hybridized carbons (Fsp3) is 0.294. The maximum Gasteiger partial charge on any atom is 0.129 e. The van der Waals surface area contributed by atoms with Gasteiger partial charge in [-0.1, -0.05) is 48.5 Å². The number of ether oxygens (including phenoxy) is 1. The molecule has 2 nitrogen and oxygen atoms in total. The number of hydrogen-bond acceptors (Lipinski definition) is 2. The maximum atomic E-state index is 13.9. The van der Waals surface area contributed by atoms with Crippen LogP contribution in [0.25, 0.3) is 0 Å². The van der Waals surface area contributed by atoms with E-state index >= 15 is 0 Å². The third-order valence-electron chi connectivity index (χ3n) is 3.31. The first-order chi connectivity index (χ1) is 9.59. The van der Waals surface area contributed by atoms with Crippen LogP contribution in [0.2, 0.25) is 0 Å². The summed E-state index contributed by atoms with van der Waals surface area (Å²) in [5, 5.41) is 0. The third-order valence-corrected chi connectivity index (χ3v) is 3.31. The first-order valence-corrected chi connectivity index (χ1v) is 6.80. The Hall–Kier alpha value is -1.71. The zero-order valence-electron chi connectivity index (χ0n) is 11.8. The minimum Gasteiger partial charge on any atom is -0.364 e. The van der Waals surface area contributed by atoms with Crippen LogP contribution in [0.15, 0.2) is 54.6 Å². The highest BCUT2D eigenvalue weighted by Crippen LogP contribution is 2.29. The standard InChI is InChI=1S/C17H20FNO/c1-12(19)17(15-10-6-7-11-16(15)18)20-13(2)14-8-4-3-5-9-14/h3-13,17H,19H2,1-2H3. The smallest absolute Gasteiger partial charge is 0.129 e. The molecule has 2 aromatic carbocycles. The van der Waals surface area contributed by atoms with Crippen LogP contribution in [0.4, 0.5) is 4.39 Å². The molecule has 0 aliphatic heterocycles. The largest absolute Gasteiger partial charge is 0.364 e. The number of nitrogens with two attached hydrogens (primary N) is 1. The minimum absolute atomic E-state index is 0.146. The SMILES string of the molecule is CC(OC(c1ccccc1F)C(C)N)c1ccccc1. The van der Waals surface area contributed by atoms with Crippen LogP contribution in [0, 0.1) is 5.82 Å². The van der Waals surface area contributed by atoms with Crippen molar-refractivity contribution in [1.29, 1.82) is 0 Å². The van der Waals surface area contributed by atoms with Gasteiger partial charge in [-0.05, 0) is 25.5 Å². The average Bonchev–Trinajstić information content (AvgIpc) is 2.46. The summed E-state index contributed by atoms with van der Waals surface area (Å²) in [6.45, 7) is 3.78. The molecule has 0 fully saturated rings. The Morgan fingerprint density at radius 1 is 0.950 bits per heavy atom. The van der Waals surface area contributed by atoms with Gasteiger partial charge >= 0.3 is 0 Å². The molecule has 106 valence electrons. The van der Waals surface area contributed by atoms with Gasteiger partial charge in [0.25, 0.3) is 0 Å². The fourth-order valence-electron chi connectivity index (χ4n) is 2.21. The molecule has 3 heteroatoms. The minimum atomic E-state index is -0.466. The zero-order chi connectivity index (χ0) is 14.5. The lowest BCUT2D eigenvalue weighted by atomic mass is 10.0. The van der Waals surface area contributed by atoms with Crippen molar-refractivity contribution >= 4 is 0 Å². The first-order valence-electron chi connectivity index (χ1n) is 6.80. The van der Waals surface area contributed by atoms with Crippen molar-refractivity contribution in [2.45, 2.75) is 32.1 Å². The summed E-state index contributed by atoms with van der Waals surface area (Å²) in [7, 11) is 0. The molecule has 0 amide bonds. The third kappa shape index (κ3) is 3.44. The van der Waals surface area contributed by atoms with Crippen LogP contribution in [0.1, 0.15) is 37.2 Å². The molecule has 0 saturated heterocycles. The van der Waals surface area contributed by atoms with Crippen molar-refractivity contribution in [3.8, 4) is 0 Å². The predicted molar refractivity (Wildman–Crippen MR) is 78.7 cm³/mol. The second-order valence-electron chi connectivity index (χ2n) is 4.99. The van der Waals surface area contributed by atoms with Gasteiger partial charge in [-0.2, -0.15) is 0 Å². The van der Waals surface area contributed by atoms with Gasteiger partial charge < -0.3 is 10.5 Å². The highest BCUT2D eigenvalue weighted by Gasteiger charge is 2.23. The van der Waals surface area contributed by atoms with Crippen LogP contribution in [-0.2, 0) is 4.74 Å². The number of halogens is 1. The van der Waals surface area contributed by atoms with E-state index in [1.54, 1.807) is 18.2 Å². The molecule has 0 spiro atoms. The van der Waals surface area contributed by atoms with Crippen LogP contribution in [0.3, 0.4) is 0 Å². The number of hydrogen-bond donors (Lipinski definition) is 1. The number of rotatable bonds is 5. The summed E-state index contributed by atoms with van der Waals surface area (Å²) in [4.78, 5) is 0. The molecule has 0 bridgehead atoms. The molecule has 2 rings (SSSR count). The van der Waals surface area contributed by atoms with Crippen molar-refractivity contribution in [2.24, 2.45) is 5.73 Å². The summed E-state index contributed by atoms with van der Waals surface area (Å²) in [6.07, 6.45) is -0.613. The second kappa shape index (κ2) is 6.64. The molecule has 3 unspecified atom stereocenters. The van der Waals surface area contributed by atoms with E-state index in [-0.39, 0.29) is 18.0 Å². The van der Waals surface area contributed by atoms with Gasteiger partial charge in [-0.3, -0.25) is 0 Å². The van der Waals surface area contributed by atoms with Gasteiger partial charge in [0.05, 0.1) is 6.10 Å². The van der Waals surface area contributed by atoms with Crippen molar-refractivity contribution in [3.05, 3.63) is 71.5 Å². The lowest BCUT2D eigenvalue weighted by Gasteiger charge is -2.26. The van der Waals surface area contributed by atoms with E-state index in [0.29, 0.717) is 5.56 Å². The predicted octanol–water partition coefficient (Wildman–Crippen LogP) is 3.99. The molecular weight excluding hydrogens is 253 g/mol. The highest BCUT2D eigenvalue weighted by atomic mass is 19.1. The summed E-state index contributed by atoms with van der Waals surface area (Å²) >= 11 is 0. The van der Waals surface area contributed by atoms with Crippen molar-refractivity contribution in [3.63, 3.8) is 0 Å². The van der Waals surface area contributed by atoms with E-state index in [4.69, 9.17) is 10.5 Å². The molecule has 20 heavy (non-hydrogen) atoms. The molecule has 0 heterocycles. The maximum absolute atomic E-state index is 13.9. The average molecular weight is 273 g/mol. The normalized spacial score (nSPS) is 15.6. The van der Waals surface area contributed by atoms with Gasteiger partial charge in [-0.15, -0.1) is 0 Å². The van der Waals surface area contributed by atoms with E-state index in [1.807, 2.05) is 44.2 Å². The summed E-state index contributed by atoms with van der Waals surface area (Å²) in [5.74, 6) is -0.282. The molecular formula is C17H20FNO. The van der Waals surface area contributed by atoms with Gasteiger partial charge in [0, 0.05) is 11.6 Å². The second-order valence-corrected chi connectivity index (χ2v) is 4.99. The molecule has 0 radical (unpaired) electrons. The summed E-state index contributed by atoms with van der Waals surface area (Å²) < 4.78 is 19.9. The molecule has 0 saturated carbocycles. The molecule has 0 aromatic heterocycles. The summed E-state index contributed by atoms with van der Waals surface area (Å²) in [6, 6.07) is 16.2. The zero-order valence-corrected chi connectivity index (χ0v) is 11.8. The Labute approximate surface area is 119 Å². The molecule has 0 aliphatic carbocycles. The van der Waals surface area contributed by atoms with Crippen molar-refractivity contribution < 1.29 is 9.13 Å². The Morgan fingerprint density at radius 3 is 2.15 bits per heavy atom. The lowest BCUT2D eigenvalue weighted by Crippen LogP contribution is -2.28. The fourth-order valence-corrected chi connectivity index (χ4v) is 2.21. The van der Waals surface area contributed by atoms with Crippen LogP contribution in [0.5, 0.6) is 0 Å². The highest BCUT2D eigenvalue weighted by molar-refractivity contribution is 5.22. The van der Waals surface area contributed by atoms with E-state index in [2.05, 4.69) is 0 Å². The van der Waals surface area contributed by atoms with Gasteiger partial charge in [0.1, 0.15) is 11.9 Å². The van der Waals surface area contributed by atoms with E-state index < -0.39 is 6.10 Å². The Kier molecular flexibility index (Phi) is 4.88. The Morgan fingerprint density at radius 2 is 1.55 bits per heavy atom. The first kappa shape index (κ1) is 14.7. The van der Waals surface area contributed by atoms with Gasteiger partial charge in [-0.25, -0.2) is 4.39 Å². The van der Waals surface area contributed by atoms with Crippen molar-refractivity contribution in [2.75, 3.05) is 0 Å². The lowest BCUT2D eigenvalue weighted by molar-refractivity contribution is -0.0180. The topological polar surface area (TPSA) is 35.2 Å². The van der Waals surface area contributed by atoms with E-state index in [1.165, 1.54) is 6.07 Å². The Balaban J connectivity index is 2.21. The monoisotopic (exact) mass is 273 g/mol. The Bertz CT molecular complexity index is 542. The van der Waals surface area contributed by atoms with Crippen LogP contribution in [-0.4, -0.2) is 6.04 Å². The van der Waals surface area contributed by atoms with Crippen LogP contribution < -0.4 is 5.73 Å². The van der Waals surface area contributed by atoms with E-state index in [0.717, 1.165) is 5.56 Å². The molecule has 3 atom stereocenters. The molecule has 0 aliphatic rings. The number of benzene rings is 2. The van der Waals surface area contributed by atoms with E-state index in [9.17, 15) is 4.39 Å². The molecule has 2 N–H and O–H groups in total. The van der Waals surface area contributed by atoms with Gasteiger partial charge in [0.2, 0.25) is 0 Å². The van der Waals surface area contributed by atoms with Gasteiger partial charge in [0.15, 0.2) is 0 Å².